The van der Waals surface area contributed by atoms with Gasteiger partial charge in [-0.05, 0) is 34.8 Å². The lowest BCUT2D eigenvalue weighted by Gasteiger charge is -2.09. The molecule has 0 heterocycles. The van der Waals surface area contributed by atoms with Gasteiger partial charge in [0.25, 0.3) is 0 Å². The van der Waals surface area contributed by atoms with Crippen molar-refractivity contribution in [2.45, 2.75) is 38.5 Å². The zero-order valence-electron chi connectivity index (χ0n) is 12.1. The fourth-order valence-corrected chi connectivity index (χ4v) is 2.44. The molecule has 0 saturated carbocycles. The van der Waals surface area contributed by atoms with E-state index in [2.05, 4.69) is 15.9 Å². The normalized spacial score (nSPS) is 10.5. The number of hydrogen-bond acceptors (Lipinski definition) is 3. The van der Waals surface area contributed by atoms with Crippen molar-refractivity contribution in [1.82, 2.24) is 0 Å². The van der Waals surface area contributed by atoms with Gasteiger partial charge >= 0.3 is 0 Å². The molecule has 20 heavy (non-hydrogen) atoms. The molecule has 0 saturated heterocycles. The van der Waals surface area contributed by atoms with E-state index in [0.717, 1.165) is 36.0 Å². The smallest absolute Gasteiger partial charge is 0.151 e. The number of methoxy groups -OCH3 is 1. The van der Waals surface area contributed by atoms with Crippen LogP contribution in [0.1, 0.15) is 48.9 Å². The molecule has 1 aromatic carbocycles. The minimum absolute atomic E-state index is 0.626. The quantitative estimate of drug-likeness (QED) is 0.434. The van der Waals surface area contributed by atoms with Crippen LogP contribution in [0.3, 0.4) is 0 Å². The molecule has 0 aromatic heterocycles. The molecule has 0 N–H and O–H groups in total. The third-order valence-electron chi connectivity index (χ3n) is 3.12. The van der Waals surface area contributed by atoms with Crippen LogP contribution in [0, 0.1) is 0 Å². The van der Waals surface area contributed by atoms with Crippen LogP contribution in [-0.4, -0.2) is 26.6 Å². The summed E-state index contributed by atoms with van der Waals surface area (Å²) in [4.78, 5) is 10.8. The predicted molar refractivity (Wildman–Crippen MR) is 84.6 cm³/mol. The van der Waals surface area contributed by atoms with Gasteiger partial charge in [0.05, 0.1) is 11.1 Å². The number of carbonyl (C=O) groups is 1. The number of carbonyl (C=O) groups excluding carboxylic acids is 1. The second kappa shape index (κ2) is 10.9. The van der Waals surface area contributed by atoms with E-state index in [-0.39, 0.29) is 0 Å². The van der Waals surface area contributed by atoms with Crippen molar-refractivity contribution in [3.05, 3.63) is 28.2 Å². The molecular formula is C16H23BrO3. The number of ether oxygens (including phenoxy) is 2. The standard InChI is InChI=1S/C16H23BrO3/c1-19-11-6-4-2-3-5-7-12-20-15-10-8-9-14(13-18)16(15)17/h8-10,13H,2-7,11-12H2,1H3. The van der Waals surface area contributed by atoms with Gasteiger partial charge in [-0.2, -0.15) is 0 Å². The fourth-order valence-electron chi connectivity index (χ4n) is 1.97. The van der Waals surface area contributed by atoms with E-state index in [9.17, 15) is 4.79 Å². The third-order valence-corrected chi connectivity index (χ3v) is 3.97. The summed E-state index contributed by atoms with van der Waals surface area (Å²) in [7, 11) is 1.75. The highest BCUT2D eigenvalue weighted by Gasteiger charge is 2.05. The largest absolute Gasteiger partial charge is 0.492 e. The highest BCUT2D eigenvalue weighted by molar-refractivity contribution is 9.10. The topological polar surface area (TPSA) is 35.5 Å². The van der Waals surface area contributed by atoms with Crippen LogP contribution in [0.25, 0.3) is 0 Å². The molecule has 1 aromatic rings. The van der Waals surface area contributed by atoms with Crippen molar-refractivity contribution in [3.63, 3.8) is 0 Å². The summed E-state index contributed by atoms with van der Waals surface area (Å²) in [6.07, 6.45) is 7.94. The van der Waals surface area contributed by atoms with Crippen molar-refractivity contribution in [3.8, 4) is 5.75 Å². The van der Waals surface area contributed by atoms with Crippen molar-refractivity contribution in [1.29, 1.82) is 0 Å². The minimum atomic E-state index is 0.626. The van der Waals surface area contributed by atoms with E-state index >= 15 is 0 Å². The first-order chi connectivity index (χ1) is 9.79. The molecule has 112 valence electrons. The van der Waals surface area contributed by atoms with Crippen molar-refractivity contribution in [2.24, 2.45) is 0 Å². The Morgan fingerprint density at radius 1 is 1.05 bits per heavy atom. The summed E-state index contributed by atoms with van der Waals surface area (Å²) in [6, 6.07) is 5.48. The van der Waals surface area contributed by atoms with Gasteiger partial charge in [0.15, 0.2) is 6.29 Å². The van der Waals surface area contributed by atoms with Gasteiger partial charge in [-0.15, -0.1) is 0 Å². The van der Waals surface area contributed by atoms with E-state index in [1.807, 2.05) is 12.1 Å². The highest BCUT2D eigenvalue weighted by Crippen LogP contribution is 2.27. The Balaban J connectivity index is 2.11. The van der Waals surface area contributed by atoms with Crippen LogP contribution < -0.4 is 4.74 Å². The summed E-state index contributed by atoms with van der Waals surface area (Å²) < 4.78 is 11.5. The van der Waals surface area contributed by atoms with Gasteiger partial charge in [-0.25, -0.2) is 0 Å². The zero-order valence-corrected chi connectivity index (χ0v) is 13.7. The summed E-state index contributed by atoms with van der Waals surface area (Å²) in [6.45, 7) is 1.56. The molecule has 0 fully saturated rings. The fraction of sp³-hybridized carbons (Fsp3) is 0.562. The molecule has 3 nitrogen and oxygen atoms in total. The lowest BCUT2D eigenvalue weighted by atomic mass is 10.1. The summed E-state index contributed by atoms with van der Waals surface area (Å²) in [5.41, 5.74) is 0.626. The Kier molecular flexibility index (Phi) is 9.33. The first kappa shape index (κ1) is 17.2. The molecule has 0 atom stereocenters. The lowest BCUT2D eigenvalue weighted by molar-refractivity contribution is 0.112. The van der Waals surface area contributed by atoms with E-state index in [1.54, 1.807) is 13.2 Å². The first-order valence-electron chi connectivity index (χ1n) is 7.15. The summed E-state index contributed by atoms with van der Waals surface area (Å²) in [5.74, 6) is 0.745. The number of rotatable bonds is 11. The van der Waals surface area contributed by atoms with Crippen LogP contribution in [-0.2, 0) is 4.74 Å². The Hall–Kier alpha value is -0.870. The van der Waals surface area contributed by atoms with Crippen LogP contribution >= 0.6 is 15.9 Å². The first-order valence-corrected chi connectivity index (χ1v) is 7.94. The number of aldehydes is 1. The van der Waals surface area contributed by atoms with Gasteiger partial charge in [-0.1, -0.05) is 37.8 Å². The van der Waals surface area contributed by atoms with Crippen LogP contribution in [0.2, 0.25) is 0 Å². The van der Waals surface area contributed by atoms with E-state index in [1.165, 1.54) is 25.7 Å². The summed E-state index contributed by atoms with van der Waals surface area (Å²) >= 11 is 3.39. The van der Waals surface area contributed by atoms with Crippen LogP contribution in [0.4, 0.5) is 0 Å². The zero-order chi connectivity index (χ0) is 14.6. The van der Waals surface area contributed by atoms with Crippen molar-refractivity contribution < 1.29 is 14.3 Å². The number of halogens is 1. The van der Waals surface area contributed by atoms with Gasteiger partial charge in [0.1, 0.15) is 5.75 Å². The minimum Gasteiger partial charge on any atom is -0.492 e. The predicted octanol–water partition coefficient (Wildman–Crippen LogP) is 4.63. The maximum absolute atomic E-state index is 10.8. The molecule has 0 bridgehead atoms. The summed E-state index contributed by atoms with van der Waals surface area (Å²) in [5, 5.41) is 0. The number of benzene rings is 1. The molecule has 0 unspecified atom stereocenters. The highest BCUT2D eigenvalue weighted by atomic mass is 79.9. The monoisotopic (exact) mass is 342 g/mol. The Labute approximate surface area is 129 Å². The van der Waals surface area contributed by atoms with Gasteiger partial charge < -0.3 is 9.47 Å². The Morgan fingerprint density at radius 2 is 1.70 bits per heavy atom. The van der Waals surface area contributed by atoms with Crippen molar-refractivity contribution >= 4 is 22.2 Å². The maximum atomic E-state index is 10.8. The average Bonchev–Trinajstić information content (AvgIpc) is 2.47. The second-order valence-electron chi connectivity index (χ2n) is 4.74. The molecule has 0 aliphatic heterocycles. The van der Waals surface area contributed by atoms with Gasteiger partial charge in [-0.3, -0.25) is 4.79 Å². The van der Waals surface area contributed by atoms with Crippen molar-refractivity contribution in [2.75, 3.05) is 20.3 Å². The second-order valence-corrected chi connectivity index (χ2v) is 5.53. The Morgan fingerprint density at radius 3 is 2.35 bits per heavy atom. The maximum Gasteiger partial charge on any atom is 0.151 e. The number of hydrogen-bond donors (Lipinski definition) is 0. The average molecular weight is 343 g/mol. The molecule has 0 spiro atoms. The molecule has 0 aliphatic carbocycles. The molecular weight excluding hydrogens is 320 g/mol. The number of unbranched alkanes of at least 4 members (excludes halogenated alkanes) is 5. The van der Waals surface area contributed by atoms with Gasteiger partial charge in [0, 0.05) is 19.3 Å². The molecule has 0 amide bonds. The molecule has 1 rings (SSSR count). The lowest BCUT2D eigenvalue weighted by Crippen LogP contribution is -1.99. The van der Waals surface area contributed by atoms with E-state index in [4.69, 9.17) is 9.47 Å². The molecule has 0 aliphatic rings. The van der Waals surface area contributed by atoms with Crippen LogP contribution in [0.15, 0.2) is 22.7 Å². The third kappa shape index (κ3) is 6.53. The van der Waals surface area contributed by atoms with E-state index in [0.29, 0.717) is 12.2 Å². The molecule has 0 radical (unpaired) electrons. The van der Waals surface area contributed by atoms with Crippen LogP contribution in [0.5, 0.6) is 5.75 Å². The SMILES string of the molecule is COCCCCCCCCOc1cccc(C=O)c1Br. The van der Waals surface area contributed by atoms with Gasteiger partial charge in [0.2, 0.25) is 0 Å². The Bertz CT molecular complexity index is 393. The van der Waals surface area contributed by atoms with E-state index < -0.39 is 0 Å². The molecule has 4 heteroatoms.